The summed E-state index contributed by atoms with van der Waals surface area (Å²) in [6, 6.07) is 0. The summed E-state index contributed by atoms with van der Waals surface area (Å²) in [7, 11) is 14.9. The third-order valence-electron chi connectivity index (χ3n) is 0. The van der Waals surface area contributed by atoms with E-state index in [0.29, 0.717) is 0 Å². The topological polar surface area (TPSA) is 121 Å². The predicted octanol–water partition coefficient (Wildman–Crippen LogP) is 12.8. The number of aliphatic hydroxyl groups excluding tert-OH is 4. The summed E-state index contributed by atoms with van der Waals surface area (Å²) >= 11 is 19.5. The molecule has 8 nitrogen and oxygen atoms in total. The van der Waals surface area contributed by atoms with Crippen molar-refractivity contribution in [2.45, 2.75) is 84.1 Å². The van der Waals surface area contributed by atoms with E-state index in [9.17, 15) is 0 Å². The second-order valence-electron chi connectivity index (χ2n) is 7.89. The van der Waals surface area contributed by atoms with E-state index in [1.807, 2.05) is 54.5 Å². The van der Waals surface area contributed by atoms with E-state index in [0.717, 1.165) is 46.2 Å². The van der Waals surface area contributed by atoms with Gasteiger partial charge in [-0.05, 0) is 87.5 Å². The molecule has 0 radical (unpaired) electrons. The van der Waals surface area contributed by atoms with Crippen LogP contribution in [0.15, 0.2) is 27.6 Å². The van der Waals surface area contributed by atoms with Gasteiger partial charge in [-0.25, -0.2) is 0 Å². The fourth-order valence-electron chi connectivity index (χ4n) is 0. The number of allylic oxidation sites excluding steroid dienone is 1. The molecule has 0 fully saturated rings. The average molecular weight is 1140 g/mol. The molecule has 0 amide bonds. The van der Waals surface area contributed by atoms with Crippen molar-refractivity contribution in [1.29, 1.82) is 0 Å². The highest BCUT2D eigenvalue weighted by atomic mass is 127. The van der Waals surface area contributed by atoms with Crippen LogP contribution in [0.5, 0.6) is 0 Å². The molecule has 4 N–H and O–H groups in total. The Kier molecular flexibility index (Phi) is 1070. The first-order valence-electron chi connectivity index (χ1n) is 13.9. The molecule has 0 aromatic carbocycles. The van der Waals surface area contributed by atoms with E-state index in [1.165, 1.54) is 12.8 Å². The molecule has 0 saturated heterocycles. The molecule has 0 aliphatic heterocycles. The van der Waals surface area contributed by atoms with Gasteiger partial charge in [-0.3, -0.25) is 0 Å². The van der Waals surface area contributed by atoms with Crippen molar-refractivity contribution >= 4 is 120 Å². The number of nitrogens with zero attached hydrogens (tertiary/aromatic N) is 4. The van der Waals surface area contributed by atoms with Crippen LogP contribution in [-0.2, 0) is 0 Å². The Balaban J connectivity index is -0.0000000107. The molecule has 0 aliphatic rings. The maximum Gasteiger partial charge on any atom is 0.0319 e. The van der Waals surface area contributed by atoms with Gasteiger partial charge in [0.25, 0.3) is 0 Å². The first-order chi connectivity index (χ1) is 22.6. The number of aliphatic hydroxyl groups is 4. The van der Waals surface area contributed by atoms with Gasteiger partial charge in [-0.1, -0.05) is 160 Å². The lowest BCUT2D eigenvalue weighted by Crippen LogP contribution is -1.99. The van der Waals surface area contributed by atoms with E-state index in [2.05, 4.69) is 204 Å². The van der Waals surface area contributed by atoms with Crippen LogP contribution < -0.4 is 0 Å². The van der Waals surface area contributed by atoms with E-state index < -0.39 is 0 Å². The highest BCUT2D eigenvalue weighted by Crippen LogP contribution is 1.82. The average Bonchev–Trinajstić information content (AvgIpc) is 3.07. The molecule has 0 aromatic rings. The molecule has 0 atom stereocenters. The molecule has 14 heteroatoms. The van der Waals surface area contributed by atoms with Crippen LogP contribution in [0.25, 0.3) is 0 Å². The minimum Gasteiger partial charge on any atom is -0.400 e. The van der Waals surface area contributed by atoms with Crippen molar-refractivity contribution in [1.82, 2.24) is 4.90 Å². The number of aliphatic imine (C=N–C) groups is 3. The molecule has 0 spiro atoms. The van der Waals surface area contributed by atoms with Gasteiger partial charge in [-0.15, -0.1) is 29.8 Å². The lowest BCUT2D eigenvalue weighted by atomic mass is 10.3. The van der Waals surface area contributed by atoms with Gasteiger partial charge in [-0.2, -0.15) is 0 Å². The minimum atomic E-state index is 0. The normalized spacial score (nSPS) is 5.12. The number of halogens is 6. The Bertz CT molecular complexity index is 219. The highest BCUT2D eigenvalue weighted by molar-refractivity contribution is 14.1. The predicted molar refractivity (Wildman–Crippen MR) is 283 cm³/mol. The fraction of sp³-hybridized carbons (Fsp3) is 0.861. The molecule has 0 aliphatic carbocycles. The zero-order chi connectivity index (χ0) is 45.1. The van der Waals surface area contributed by atoms with Crippen molar-refractivity contribution < 1.29 is 20.4 Å². The third-order valence-corrected chi connectivity index (χ3v) is 0. The second-order valence-corrected chi connectivity index (χ2v) is 7.89. The molecular formula is C36H102Br2Cl2I2N4O4. The summed E-state index contributed by atoms with van der Waals surface area (Å²) < 4.78 is 0. The molecule has 0 saturated carbocycles. The van der Waals surface area contributed by atoms with Crippen molar-refractivity contribution in [3.8, 4) is 0 Å². The van der Waals surface area contributed by atoms with E-state index in [1.54, 1.807) is 27.2 Å². The molecule has 0 aromatic heterocycles. The summed E-state index contributed by atoms with van der Waals surface area (Å²) in [5.74, 6) is 6.12. The van der Waals surface area contributed by atoms with Gasteiger partial charge >= 0.3 is 0 Å². The van der Waals surface area contributed by atoms with E-state index in [4.69, 9.17) is 20.4 Å². The maximum absolute atomic E-state index is 7.00. The van der Waals surface area contributed by atoms with Crippen molar-refractivity contribution in [2.75, 3.05) is 105 Å². The SMILES string of the molecule is C.C.C=CC.C=NC.C=NC.C=NC.CBr.CBr.CC(C)C.CC(C)C.CC(C)C.CCl.CCl.CI.CI.CN(C)C.CO.CO.CO.CO. The standard InChI is InChI=1S/3C4H10.C3H9N.C3H6.3C2H5N.2CH3Br.2CH3Cl.2CH3I.4CH4O.2CH4/c4*1-4(2)3;4*1-3-2;10*1-2;;/h3*4H,1-3H3;1-3H3;3H,1H2,2H3;3*1H2,2H3;6*1H3;4*2H,1H3;2*1H4. The highest BCUT2D eigenvalue weighted by Gasteiger charge is 1.68. The summed E-state index contributed by atoms with van der Waals surface area (Å²) in [5, 5.41) is 28.0. The maximum atomic E-state index is 7.00. The number of rotatable bonds is 0. The van der Waals surface area contributed by atoms with Gasteiger partial charge in [0.15, 0.2) is 0 Å². The van der Waals surface area contributed by atoms with Crippen LogP contribution in [-0.4, -0.2) is 150 Å². The van der Waals surface area contributed by atoms with E-state index in [-0.39, 0.29) is 14.9 Å². The Morgan fingerprint density at radius 3 is 0.500 bits per heavy atom. The second kappa shape index (κ2) is 403. The quantitative estimate of drug-likeness (QED) is 0.0833. The summed E-state index contributed by atoms with van der Waals surface area (Å²) in [6.45, 7) is 34.1. The van der Waals surface area contributed by atoms with Gasteiger partial charge < -0.3 is 40.3 Å². The molecular weight excluding hydrogens is 1040 g/mol. The zero-order valence-corrected chi connectivity index (χ0v) is 46.0. The van der Waals surface area contributed by atoms with Crippen LogP contribution in [0.2, 0.25) is 0 Å². The van der Waals surface area contributed by atoms with Crippen LogP contribution in [0.1, 0.15) is 84.1 Å². The van der Waals surface area contributed by atoms with Crippen molar-refractivity contribution in [3.63, 3.8) is 0 Å². The van der Waals surface area contributed by atoms with Crippen molar-refractivity contribution in [2.24, 2.45) is 32.7 Å². The van der Waals surface area contributed by atoms with Crippen LogP contribution in [0, 0.1) is 17.8 Å². The molecule has 50 heavy (non-hydrogen) atoms. The largest absolute Gasteiger partial charge is 0.400 e. The summed E-state index contributed by atoms with van der Waals surface area (Å²) in [5.41, 5.74) is 0. The molecule has 0 heterocycles. The van der Waals surface area contributed by atoms with Gasteiger partial charge in [0.05, 0.1) is 0 Å². The van der Waals surface area contributed by atoms with Crippen LogP contribution in [0.3, 0.4) is 0 Å². The number of hydrogen-bond acceptors (Lipinski definition) is 8. The third kappa shape index (κ3) is 48600. The number of hydrogen-bond donors (Lipinski definition) is 4. The minimum absolute atomic E-state index is 0. The summed E-state index contributed by atoms with van der Waals surface area (Å²) in [6.07, 6.45) is 4.69. The Labute approximate surface area is 376 Å². The fourth-order valence-corrected chi connectivity index (χ4v) is 0. The van der Waals surface area contributed by atoms with E-state index >= 15 is 0 Å². The molecule has 332 valence electrons. The van der Waals surface area contributed by atoms with Gasteiger partial charge in [0.2, 0.25) is 0 Å². The first-order valence-corrected chi connectivity index (χ1v) is 22.9. The van der Waals surface area contributed by atoms with Crippen LogP contribution in [0.4, 0.5) is 0 Å². The number of alkyl halides is 6. The monoisotopic (exact) mass is 1140 g/mol. The Morgan fingerprint density at radius 1 is 0.500 bits per heavy atom. The van der Waals surface area contributed by atoms with Crippen LogP contribution >= 0.6 is 100 Å². The lowest BCUT2D eigenvalue weighted by molar-refractivity contribution is 0.399. The Hall–Kier alpha value is 1.55. The molecule has 0 bridgehead atoms. The first kappa shape index (κ1) is 132. The van der Waals surface area contributed by atoms with Gasteiger partial charge in [0.1, 0.15) is 0 Å². The van der Waals surface area contributed by atoms with Gasteiger partial charge in [0, 0.05) is 62.3 Å². The molecule has 0 rings (SSSR count). The molecule has 0 unspecified atom stereocenters. The Morgan fingerprint density at radius 2 is 0.500 bits per heavy atom. The summed E-state index contributed by atoms with van der Waals surface area (Å²) in [4.78, 5) is 15.7. The van der Waals surface area contributed by atoms with Crippen molar-refractivity contribution in [3.05, 3.63) is 12.7 Å². The zero-order valence-electron chi connectivity index (χ0n) is 37.0. The lowest BCUT2D eigenvalue weighted by Gasteiger charge is -1.90. The smallest absolute Gasteiger partial charge is 0.0319 e.